The zero-order valence-electron chi connectivity index (χ0n) is 23.9. The first-order chi connectivity index (χ1) is 19.5. The smallest absolute Gasteiger partial charge is 0.244 e. The Labute approximate surface area is 251 Å². The molecule has 2 unspecified atom stereocenters. The Balaban J connectivity index is 2.03. The monoisotopic (exact) mass is 643 g/mol. The van der Waals surface area contributed by atoms with Crippen LogP contribution in [0.3, 0.4) is 0 Å². The number of carbonyl (C=O) groups excluding carboxylic acids is 2. The maximum atomic E-state index is 14.1. The molecular formula is C31H38BrN3O5S. The molecule has 0 aliphatic carbocycles. The largest absolute Gasteiger partial charge is 0.494 e. The molecule has 0 aromatic heterocycles. The van der Waals surface area contributed by atoms with Gasteiger partial charge >= 0.3 is 0 Å². The van der Waals surface area contributed by atoms with Crippen molar-refractivity contribution in [2.75, 3.05) is 23.7 Å². The number of anilines is 1. The van der Waals surface area contributed by atoms with Crippen molar-refractivity contribution < 1.29 is 22.7 Å². The van der Waals surface area contributed by atoms with Crippen LogP contribution < -0.4 is 14.4 Å². The number of carbonyl (C=O) groups is 2. The molecule has 0 saturated heterocycles. The standard InChI is InChI=1S/C31H38BrN3O5S/c1-5-23(3)33-31(37)29(20-24-10-8-7-9-11-24)34(21-25-12-14-26(32)15-13-25)30(36)22-35(41(4,38)39)27-16-18-28(19-17-27)40-6-2/h7-19,23,29H,5-6,20-22H2,1-4H3,(H,33,37). The maximum absolute atomic E-state index is 14.1. The fourth-order valence-corrected chi connectivity index (χ4v) is 5.38. The van der Waals surface area contributed by atoms with Gasteiger partial charge in [0.1, 0.15) is 18.3 Å². The van der Waals surface area contributed by atoms with E-state index in [1.165, 1.54) is 4.90 Å². The molecule has 0 bridgehead atoms. The molecule has 0 spiro atoms. The van der Waals surface area contributed by atoms with E-state index in [1.54, 1.807) is 24.3 Å². The van der Waals surface area contributed by atoms with Gasteiger partial charge in [0.25, 0.3) is 0 Å². The van der Waals surface area contributed by atoms with Gasteiger partial charge < -0.3 is 15.0 Å². The molecule has 220 valence electrons. The number of hydrogen-bond donors (Lipinski definition) is 1. The van der Waals surface area contributed by atoms with Crippen LogP contribution >= 0.6 is 15.9 Å². The molecule has 1 N–H and O–H groups in total. The number of sulfonamides is 1. The predicted octanol–water partition coefficient (Wildman–Crippen LogP) is 5.17. The summed E-state index contributed by atoms with van der Waals surface area (Å²) in [6.45, 7) is 5.88. The van der Waals surface area contributed by atoms with Gasteiger partial charge in [-0.05, 0) is 67.8 Å². The Hall–Kier alpha value is -3.37. The Morgan fingerprint density at radius 1 is 0.927 bits per heavy atom. The lowest BCUT2D eigenvalue weighted by molar-refractivity contribution is -0.140. The highest BCUT2D eigenvalue weighted by molar-refractivity contribution is 9.10. The van der Waals surface area contributed by atoms with E-state index in [0.717, 1.165) is 32.6 Å². The molecule has 2 amide bonds. The van der Waals surface area contributed by atoms with E-state index in [1.807, 2.05) is 75.4 Å². The molecule has 0 aliphatic heterocycles. The predicted molar refractivity (Wildman–Crippen MR) is 166 cm³/mol. The van der Waals surface area contributed by atoms with Crippen molar-refractivity contribution in [1.29, 1.82) is 0 Å². The quantitative estimate of drug-likeness (QED) is 0.262. The highest BCUT2D eigenvalue weighted by Crippen LogP contribution is 2.23. The van der Waals surface area contributed by atoms with Gasteiger partial charge in [-0.15, -0.1) is 0 Å². The Morgan fingerprint density at radius 2 is 1.56 bits per heavy atom. The Morgan fingerprint density at radius 3 is 2.12 bits per heavy atom. The second-order valence-electron chi connectivity index (χ2n) is 9.87. The van der Waals surface area contributed by atoms with Crippen LogP contribution in [0.15, 0.2) is 83.3 Å². The zero-order chi connectivity index (χ0) is 30.0. The number of rotatable bonds is 14. The van der Waals surface area contributed by atoms with Crippen LogP contribution in [-0.2, 0) is 32.6 Å². The Kier molecular flexibility index (Phi) is 11.8. The van der Waals surface area contributed by atoms with Crippen molar-refractivity contribution in [3.8, 4) is 5.75 Å². The van der Waals surface area contributed by atoms with Crippen molar-refractivity contribution in [2.45, 2.75) is 52.2 Å². The summed E-state index contributed by atoms with van der Waals surface area (Å²) in [5.74, 6) is -0.189. The van der Waals surface area contributed by atoms with E-state index in [0.29, 0.717) is 18.0 Å². The topological polar surface area (TPSA) is 96.0 Å². The molecular weight excluding hydrogens is 606 g/mol. The molecule has 8 nitrogen and oxygen atoms in total. The summed E-state index contributed by atoms with van der Waals surface area (Å²) in [6.07, 6.45) is 2.06. The second-order valence-corrected chi connectivity index (χ2v) is 12.7. The van der Waals surface area contributed by atoms with Crippen molar-refractivity contribution in [1.82, 2.24) is 10.2 Å². The average Bonchev–Trinajstić information content (AvgIpc) is 2.95. The number of hydrogen-bond acceptors (Lipinski definition) is 5. The summed E-state index contributed by atoms with van der Waals surface area (Å²) in [6, 6.07) is 22.5. The van der Waals surface area contributed by atoms with Crippen molar-refractivity contribution in [3.63, 3.8) is 0 Å². The second kappa shape index (κ2) is 15.0. The fraction of sp³-hybridized carbons (Fsp3) is 0.355. The molecule has 3 aromatic rings. The minimum Gasteiger partial charge on any atom is -0.494 e. The summed E-state index contributed by atoms with van der Waals surface area (Å²) >= 11 is 3.44. The van der Waals surface area contributed by atoms with Crippen molar-refractivity contribution >= 4 is 43.5 Å². The van der Waals surface area contributed by atoms with Crippen molar-refractivity contribution in [2.24, 2.45) is 0 Å². The summed E-state index contributed by atoms with van der Waals surface area (Å²) in [7, 11) is -3.84. The van der Waals surface area contributed by atoms with E-state index >= 15 is 0 Å². The molecule has 3 rings (SSSR count). The molecule has 0 aliphatic rings. The van der Waals surface area contributed by atoms with Gasteiger partial charge in [0, 0.05) is 23.5 Å². The van der Waals surface area contributed by atoms with Crippen LogP contribution in [0.4, 0.5) is 5.69 Å². The maximum Gasteiger partial charge on any atom is 0.244 e. The number of halogens is 1. The van der Waals surface area contributed by atoms with Crippen LogP contribution in [0, 0.1) is 0 Å². The first-order valence-electron chi connectivity index (χ1n) is 13.6. The number of benzene rings is 3. The highest BCUT2D eigenvalue weighted by Gasteiger charge is 2.33. The summed E-state index contributed by atoms with van der Waals surface area (Å²) in [5.41, 5.74) is 2.02. The SMILES string of the molecule is CCOc1ccc(N(CC(=O)N(Cc2ccc(Br)cc2)C(Cc2ccccc2)C(=O)NC(C)CC)S(C)(=O)=O)cc1. The molecule has 0 fully saturated rings. The molecule has 0 radical (unpaired) electrons. The third kappa shape index (κ3) is 9.60. The van der Waals surface area contributed by atoms with Gasteiger partial charge in [0.15, 0.2) is 0 Å². The number of nitrogens with zero attached hydrogens (tertiary/aromatic N) is 2. The highest BCUT2D eigenvalue weighted by atomic mass is 79.9. The average molecular weight is 645 g/mol. The normalized spacial score (nSPS) is 12.7. The van der Waals surface area contributed by atoms with E-state index in [9.17, 15) is 18.0 Å². The van der Waals surface area contributed by atoms with E-state index in [4.69, 9.17) is 4.74 Å². The minimum absolute atomic E-state index is 0.0956. The zero-order valence-corrected chi connectivity index (χ0v) is 26.3. The molecule has 0 saturated carbocycles. The van der Waals surface area contributed by atoms with Gasteiger partial charge in [-0.1, -0.05) is 65.3 Å². The lowest BCUT2D eigenvalue weighted by Crippen LogP contribution is -2.54. The first kappa shape index (κ1) is 32.1. The van der Waals surface area contributed by atoms with Gasteiger partial charge in [0.05, 0.1) is 18.6 Å². The van der Waals surface area contributed by atoms with Gasteiger partial charge in [-0.25, -0.2) is 8.42 Å². The number of nitrogens with one attached hydrogen (secondary N) is 1. The molecule has 10 heteroatoms. The first-order valence-corrected chi connectivity index (χ1v) is 16.2. The van der Waals surface area contributed by atoms with Crippen molar-refractivity contribution in [3.05, 3.63) is 94.5 Å². The number of amides is 2. The summed E-state index contributed by atoms with van der Waals surface area (Å²) < 4.78 is 33.3. The minimum atomic E-state index is -3.84. The fourth-order valence-electron chi connectivity index (χ4n) is 4.27. The van der Waals surface area contributed by atoms with Crippen LogP contribution in [0.5, 0.6) is 5.75 Å². The molecule has 0 heterocycles. The lowest BCUT2D eigenvalue weighted by atomic mass is 10.0. The van der Waals surface area contributed by atoms with Gasteiger partial charge in [-0.3, -0.25) is 13.9 Å². The van der Waals surface area contributed by atoms with Gasteiger partial charge in [-0.2, -0.15) is 0 Å². The third-order valence-corrected chi connectivity index (χ3v) is 8.32. The lowest BCUT2D eigenvalue weighted by Gasteiger charge is -2.34. The Bertz CT molecular complexity index is 1380. The molecule has 3 aromatic carbocycles. The van der Waals surface area contributed by atoms with E-state index < -0.39 is 28.5 Å². The van der Waals surface area contributed by atoms with Gasteiger partial charge in [0.2, 0.25) is 21.8 Å². The van der Waals surface area contributed by atoms with E-state index in [-0.39, 0.29) is 24.9 Å². The van der Waals surface area contributed by atoms with E-state index in [2.05, 4.69) is 21.2 Å². The third-order valence-electron chi connectivity index (χ3n) is 6.65. The van der Waals surface area contributed by atoms with Crippen LogP contribution in [0.1, 0.15) is 38.3 Å². The number of ether oxygens (including phenoxy) is 1. The van der Waals surface area contributed by atoms with Crippen LogP contribution in [0.2, 0.25) is 0 Å². The summed E-state index contributed by atoms with van der Waals surface area (Å²) in [5, 5.41) is 3.03. The summed E-state index contributed by atoms with van der Waals surface area (Å²) in [4.78, 5) is 29.3. The molecule has 41 heavy (non-hydrogen) atoms. The van der Waals surface area contributed by atoms with Crippen LogP contribution in [-0.4, -0.2) is 56.6 Å². The van der Waals surface area contributed by atoms with Crippen LogP contribution in [0.25, 0.3) is 0 Å². The molecule has 2 atom stereocenters.